The molecule has 13 nitrogen and oxygen atoms in total. The van der Waals surface area contributed by atoms with E-state index >= 15 is 0 Å². The molecule has 1 aromatic heterocycles. The number of hydrogen-bond donors (Lipinski definition) is 0. The van der Waals surface area contributed by atoms with Gasteiger partial charge in [-0.25, -0.2) is 0 Å². The highest BCUT2D eigenvalue weighted by molar-refractivity contribution is 5.60. The van der Waals surface area contributed by atoms with Crippen LogP contribution in [0.5, 0.6) is 0 Å². The van der Waals surface area contributed by atoms with Crippen LogP contribution >= 0.6 is 0 Å². The lowest BCUT2D eigenvalue weighted by atomic mass is 10.3. The fourth-order valence-corrected chi connectivity index (χ4v) is 1.01. The predicted molar refractivity (Wildman–Crippen MR) is 50.9 cm³/mol. The Labute approximate surface area is 95.3 Å². The van der Waals surface area contributed by atoms with E-state index in [4.69, 9.17) is 0 Å². The molecule has 0 aliphatic rings. The van der Waals surface area contributed by atoms with E-state index in [2.05, 4.69) is 4.98 Å². The second-order valence-corrected chi connectivity index (χ2v) is 2.70. The van der Waals surface area contributed by atoms with Gasteiger partial charge in [0.25, 0.3) is 0 Å². The van der Waals surface area contributed by atoms with Gasteiger partial charge in [0.05, 0.1) is 9.85 Å². The van der Waals surface area contributed by atoms with Gasteiger partial charge in [-0.1, -0.05) is 0 Å². The first-order valence-electron chi connectivity index (χ1n) is 3.88. The minimum absolute atomic E-state index is 0.128. The Hall–Kier alpha value is -3.25. The maximum atomic E-state index is 10.5. The monoisotopic (exact) mass is 259 g/mol. The molecule has 13 heteroatoms. The standard InChI is InChI=1S/C5HN5O8/c11-7(12)2-1-3(8(13)14)5(10(17)18)6-4(2)9(15)16/h1H. The quantitative estimate of drug-likeness (QED) is 0.553. The predicted octanol–water partition coefficient (Wildman–Crippen LogP) is 0.714. The molecule has 0 amide bonds. The molecule has 0 aromatic carbocycles. The Morgan fingerprint density at radius 2 is 1.06 bits per heavy atom. The zero-order chi connectivity index (χ0) is 14.0. The van der Waals surface area contributed by atoms with Gasteiger partial charge < -0.3 is 20.2 Å². The SMILES string of the molecule is O=[N+]([O-])c1cc([N+](=O)[O-])c([N+](=O)[O-])nc1[N+](=O)[O-]. The van der Waals surface area contributed by atoms with Gasteiger partial charge in [0.15, 0.2) is 0 Å². The van der Waals surface area contributed by atoms with Crippen molar-refractivity contribution in [1.29, 1.82) is 0 Å². The Morgan fingerprint density at radius 1 is 0.722 bits per heavy atom. The molecule has 1 heterocycles. The van der Waals surface area contributed by atoms with Crippen molar-refractivity contribution in [3.05, 3.63) is 46.5 Å². The highest BCUT2D eigenvalue weighted by atomic mass is 16.7. The fraction of sp³-hybridized carbons (Fsp3) is 0. The summed E-state index contributed by atoms with van der Waals surface area (Å²) in [6.45, 7) is 0. The molecule has 0 aliphatic heterocycles. The molecule has 1 rings (SSSR count). The van der Waals surface area contributed by atoms with Gasteiger partial charge >= 0.3 is 23.0 Å². The zero-order valence-corrected chi connectivity index (χ0v) is 8.08. The van der Waals surface area contributed by atoms with E-state index in [1.807, 2.05) is 0 Å². The molecule has 0 spiro atoms. The summed E-state index contributed by atoms with van der Waals surface area (Å²) < 4.78 is 0. The molecular formula is C5HN5O8. The average molecular weight is 259 g/mol. The third-order valence-electron chi connectivity index (χ3n) is 1.68. The van der Waals surface area contributed by atoms with Crippen LogP contribution in [0.15, 0.2) is 6.07 Å². The van der Waals surface area contributed by atoms with Crippen molar-refractivity contribution in [2.75, 3.05) is 0 Å². The summed E-state index contributed by atoms with van der Waals surface area (Å²) >= 11 is 0. The van der Waals surface area contributed by atoms with E-state index in [1.165, 1.54) is 0 Å². The third-order valence-corrected chi connectivity index (χ3v) is 1.68. The second kappa shape index (κ2) is 4.32. The summed E-state index contributed by atoms with van der Waals surface area (Å²) in [4.78, 5) is 39.2. The van der Waals surface area contributed by atoms with Crippen LogP contribution in [0.4, 0.5) is 23.0 Å². The van der Waals surface area contributed by atoms with Crippen LogP contribution in [0.3, 0.4) is 0 Å². The lowest BCUT2D eigenvalue weighted by Gasteiger charge is -1.97. The number of rotatable bonds is 4. The summed E-state index contributed by atoms with van der Waals surface area (Å²) in [5, 5.41) is 41.8. The zero-order valence-electron chi connectivity index (χ0n) is 8.08. The van der Waals surface area contributed by atoms with Gasteiger partial charge in [-0.3, -0.25) is 20.2 Å². The molecule has 0 N–H and O–H groups in total. The van der Waals surface area contributed by atoms with Crippen LogP contribution in [0.1, 0.15) is 0 Å². The van der Waals surface area contributed by atoms with Crippen LogP contribution in [-0.2, 0) is 0 Å². The first-order valence-corrected chi connectivity index (χ1v) is 3.88. The fourth-order valence-electron chi connectivity index (χ4n) is 1.01. The molecular weight excluding hydrogens is 258 g/mol. The van der Waals surface area contributed by atoms with E-state index in [9.17, 15) is 40.5 Å². The molecule has 0 saturated carbocycles. The third kappa shape index (κ3) is 2.13. The van der Waals surface area contributed by atoms with E-state index in [1.54, 1.807) is 0 Å². The van der Waals surface area contributed by atoms with Crippen LogP contribution in [-0.4, -0.2) is 24.7 Å². The molecule has 1 aromatic rings. The first kappa shape index (κ1) is 12.8. The van der Waals surface area contributed by atoms with Crippen LogP contribution < -0.4 is 0 Å². The van der Waals surface area contributed by atoms with E-state index in [0.717, 1.165) is 0 Å². The summed E-state index contributed by atoms with van der Waals surface area (Å²) in [5.74, 6) is -2.87. The molecule has 0 saturated heterocycles. The molecule has 0 unspecified atom stereocenters. The maximum absolute atomic E-state index is 10.5. The molecule has 94 valence electrons. The highest BCUT2D eigenvalue weighted by Gasteiger charge is 2.38. The Kier molecular flexibility index (Phi) is 3.08. The molecule has 18 heavy (non-hydrogen) atoms. The normalized spacial score (nSPS) is 9.78. The molecule has 0 fully saturated rings. The highest BCUT2D eigenvalue weighted by Crippen LogP contribution is 2.34. The number of hydrogen-bond acceptors (Lipinski definition) is 9. The number of aromatic nitrogens is 1. The summed E-state index contributed by atoms with van der Waals surface area (Å²) in [6, 6.07) is 0.128. The smallest absolute Gasteiger partial charge is 0.358 e. The van der Waals surface area contributed by atoms with Crippen LogP contribution in [0.2, 0.25) is 0 Å². The van der Waals surface area contributed by atoms with Crippen molar-refractivity contribution in [3.63, 3.8) is 0 Å². The second-order valence-electron chi connectivity index (χ2n) is 2.70. The van der Waals surface area contributed by atoms with Crippen molar-refractivity contribution in [2.45, 2.75) is 0 Å². The number of pyridine rings is 1. The summed E-state index contributed by atoms with van der Waals surface area (Å²) in [7, 11) is 0. The summed E-state index contributed by atoms with van der Waals surface area (Å²) in [6.07, 6.45) is 0. The van der Waals surface area contributed by atoms with Crippen molar-refractivity contribution < 1.29 is 19.7 Å². The molecule has 0 bridgehead atoms. The minimum atomic E-state index is -1.43. The van der Waals surface area contributed by atoms with Crippen molar-refractivity contribution >= 4 is 23.0 Å². The topological polar surface area (TPSA) is 185 Å². The van der Waals surface area contributed by atoms with Gasteiger partial charge in [-0.15, -0.1) is 0 Å². The lowest BCUT2D eigenvalue weighted by Crippen LogP contribution is -2.05. The van der Waals surface area contributed by atoms with E-state index < -0.39 is 42.7 Å². The molecule has 0 radical (unpaired) electrons. The average Bonchev–Trinajstić information content (AvgIpc) is 2.26. The lowest BCUT2D eigenvalue weighted by molar-refractivity contribution is -0.440. The summed E-state index contributed by atoms with van der Waals surface area (Å²) in [5.41, 5.74) is -2.59. The van der Waals surface area contributed by atoms with Crippen LogP contribution in [0, 0.1) is 40.5 Å². The van der Waals surface area contributed by atoms with Gasteiger partial charge in [-0.05, 0) is 9.85 Å². The number of nitrogens with zero attached hydrogens (tertiary/aromatic N) is 5. The van der Waals surface area contributed by atoms with Crippen LogP contribution in [0.25, 0.3) is 0 Å². The largest absolute Gasteiger partial charge is 0.447 e. The molecule has 0 aliphatic carbocycles. The van der Waals surface area contributed by atoms with Gasteiger partial charge in [0.2, 0.25) is 0 Å². The maximum Gasteiger partial charge on any atom is 0.447 e. The van der Waals surface area contributed by atoms with Crippen molar-refractivity contribution in [3.8, 4) is 0 Å². The first-order chi connectivity index (χ1) is 8.25. The molecule has 0 atom stereocenters. The van der Waals surface area contributed by atoms with E-state index in [0.29, 0.717) is 0 Å². The van der Waals surface area contributed by atoms with E-state index in [-0.39, 0.29) is 6.07 Å². The van der Waals surface area contributed by atoms with Crippen molar-refractivity contribution in [1.82, 2.24) is 4.98 Å². The van der Waals surface area contributed by atoms with Crippen molar-refractivity contribution in [2.24, 2.45) is 0 Å². The van der Waals surface area contributed by atoms with Gasteiger partial charge in [-0.2, -0.15) is 0 Å². The Bertz CT molecular complexity index is 483. The van der Waals surface area contributed by atoms with Gasteiger partial charge in [0.1, 0.15) is 6.07 Å². The Balaban J connectivity index is 3.71. The minimum Gasteiger partial charge on any atom is -0.358 e. The van der Waals surface area contributed by atoms with Gasteiger partial charge in [0, 0.05) is 4.98 Å². The number of nitro groups is 4. The Morgan fingerprint density at radius 3 is 1.28 bits per heavy atom.